The van der Waals surface area contributed by atoms with Gasteiger partial charge in [0, 0.05) is 33.7 Å². The Balaban J connectivity index is 1.50. The smallest absolute Gasteiger partial charge is 0.281 e. The number of hydrogen-bond acceptors (Lipinski definition) is 3. The number of fused-ring (bicyclic) bond motifs is 1. The van der Waals surface area contributed by atoms with Crippen LogP contribution in [0.2, 0.25) is 0 Å². The van der Waals surface area contributed by atoms with E-state index in [9.17, 15) is 13.2 Å². The maximum absolute atomic E-state index is 12.5. The van der Waals surface area contributed by atoms with Gasteiger partial charge in [-0.1, -0.05) is 42.5 Å². The third-order valence-corrected chi connectivity index (χ3v) is 7.25. The van der Waals surface area contributed by atoms with Crippen molar-refractivity contribution in [2.75, 3.05) is 33.7 Å². The summed E-state index contributed by atoms with van der Waals surface area (Å²) in [6.07, 6.45) is 3.19. The van der Waals surface area contributed by atoms with Crippen molar-refractivity contribution in [3.63, 3.8) is 0 Å². The Morgan fingerprint density at radius 3 is 2.71 bits per heavy atom. The molecule has 1 saturated heterocycles. The van der Waals surface area contributed by atoms with Crippen molar-refractivity contribution in [3.8, 4) is 0 Å². The lowest BCUT2D eigenvalue weighted by atomic mass is 9.98. The summed E-state index contributed by atoms with van der Waals surface area (Å²) >= 11 is 0. The highest BCUT2D eigenvalue weighted by molar-refractivity contribution is 7.86. The summed E-state index contributed by atoms with van der Waals surface area (Å²) in [5, 5.41) is 5.49. The van der Waals surface area contributed by atoms with E-state index in [0.29, 0.717) is 19.5 Å². The number of nitrogens with zero attached hydrogens (tertiary/aromatic N) is 2. The number of aryl methyl sites for hydroxylation is 1. The highest BCUT2D eigenvalue weighted by atomic mass is 32.2. The van der Waals surface area contributed by atoms with Gasteiger partial charge in [-0.15, -0.1) is 0 Å². The van der Waals surface area contributed by atoms with E-state index in [-0.39, 0.29) is 18.4 Å². The fourth-order valence-electron chi connectivity index (χ4n) is 3.74. The van der Waals surface area contributed by atoms with E-state index in [4.69, 9.17) is 0 Å². The van der Waals surface area contributed by atoms with Gasteiger partial charge in [-0.25, -0.2) is 0 Å². The van der Waals surface area contributed by atoms with Gasteiger partial charge < -0.3 is 5.32 Å². The van der Waals surface area contributed by atoms with Gasteiger partial charge >= 0.3 is 0 Å². The minimum absolute atomic E-state index is 0.0448. The Kier molecular flexibility index (Phi) is 6.69. The second-order valence-electron chi connectivity index (χ2n) is 7.52. The second-order valence-corrected chi connectivity index (χ2v) is 9.66. The first-order chi connectivity index (χ1) is 13.4. The zero-order valence-electron chi connectivity index (χ0n) is 16.6. The molecule has 1 heterocycles. The molecule has 2 aromatic carbocycles. The van der Waals surface area contributed by atoms with Crippen molar-refractivity contribution in [2.45, 2.75) is 25.7 Å². The van der Waals surface area contributed by atoms with Crippen LogP contribution in [0.3, 0.4) is 0 Å². The summed E-state index contributed by atoms with van der Waals surface area (Å²) in [6.45, 7) is 1.33. The van der Waals surface area contributed by atoms with E-state index in [1.165, 1.54) is 39.0 Å². The quantitative estimate of drug-likeness (QED) is 0.722. The summed E-state index contributed by atoms with van der Waals surface area (Å²) in [4.78, 5) is 12.5. The first-order valence-corrected chi connectivity index (χ1v) is 11.2. The molecule has 1 fully saturated rings. The monoisotopic (exact) mass is 403 g/mol. The topological polar surface area (TPSA) is 69.7 Å². The maximum atomic E-state index is 12.5. The van der Waals surface area contributed by atoms with Crippen LogP contribution in [-0.4, -0.2) is 56.7 Å². The van der Waals surface area contributed by atoms with E-state index in [2.05, 4.69) is 35.6 Å². The van der Waals surface area contributed by atoms with Crippen LogP contribution in [0.15, 0.2) is 42.5 Å². The molecular weight excluding hydrogens is 374 g/mol. The zero-order valence-corrected chi connectivity index (χ0v) is 17.4. The number of hydrogen-bond donors (Lipinski definition) is 1. The van der Waals surface area contributed by atoms with Gasteiger partial charge in [0.05, 0.1) is 5.92 Å². The van der Waals surface area contributed by atoms with Crippen molar-refractivity contribution in [1.82, 2.24) is 13.9 Å². The molecule has 0 aliphatic carbocycles. The molecule has 1 amide bonds. The van der Waals surface area contributed by atoms with Crippen LogP contribution in [0.1, 0.15) is 24.8 Å². The lowest BCUT2D eigenvalue weighted by Gasteiger charge is -2.32. The van der Waals surface area contributed by atoms with E-state index in [1.54, 1.807) is 0 Å². The maximum Gasteiger partial charge on any atom is 0.281 e. The number of nitrogens with one attached hydrogen (secondary N) is 1. The molecule has 1 atom stereocenters. The lowest BCUT2D eigenvalue weighted by Crippen LogP contribution is -2.48. The van der Waals surface area contributed by atoms with Crippen molar-refractivity contribution < 1.29 is 13.2 Å². The largest absolute Gasteiger partial charge is 0.356 e. The molecule has 0 saturated carbocycles. The molecular formula is C21H29N3O3S. The fraction of sp³-hybridized carbons (Fsp3) is 0.476. The van der Waals surface area contributed by atoms with Crippen LogP contribution in [0.5, 0.6) is 0 Å². The lowest BCUT2D eigenvalue weighted by molar-refractivity contribution is -0.126. The predicted octanol–water partition coefficient (Wildman–Crippen LogP) is 2.41. The van der Waals surface area contributed by atoms with Crippen molar-refractivity contribution >= 4 is 26.9 Å². The standard InChI is InChI=1S/C21H29N3O3S/c1-23(2)28(26,27)24-15-7-12-19(16-24)21(25)22-14-6-11-18-10-5-9-17-8-3-4-13-20(17)18/h3-5,8-10,13,19H,6-7,11-12,14-16H2,1-2H3,(H,22,25). The van der Waals surface area contributed by atoms with Gasteiger partial charge in [-0.2, -0.15) is 17.0 Å². The average molecular weight is 404 g/mol. The SMILES string of the molecule is CN(C)S(=O)(=O)N1CCCC(C(=O)NCCCc2cccc3ccccc23)C1. The number of piperidine rings is 1. The predicted molar refractivity (Wildman–Crippen MR) is 112 cm³/mol. The van der Waals surface area contributed by atoms with Gasteiger partial charge in [0.25, 0.3) is 10.2 Å². The van der Waals surface area contributed by atoms with E-state index >= 15 is 0 Å². The van der Waals surface area contributed by atoms with E-state index in [0.717, 1.165) is 19.3 Å². The Bertz CT molecular complexity index is 922. The molecule has 152 valence electrons. The Morgan fingerprint density at radius 1 is 1.18 bits per heavy atom. The van der Waals surface area contributed by atoms with Crippen LogP contribution in [0, 0.1) is 5.92 Å². The molecule has 0 bridgehead atoms. The average Bonchev–Trinajstić information content (AvgIpc) is 2.71. The van der Waals surface area contributed by atoms with Crippen LogP contribution in [0.25, 0.3) is 10.8 Å². The molecule has 2 aromatic rings. The number of benzene rings is 2. The normalized spacial score (nSPS) is 18.5. The first-order valence-electron chi connectivity index (χ1n) is 9.81. The summed E-state index contributed by atoms with van der Waals surface area (Å²) in [5.41, 5.74) is 1.29. The van der Waals surface area contributed by atoms with Crippen molar-refractivity contribution in [3.05, 3.63) is 48.0 Å². The van der Waals surface area contributed by atoms with Crippen molar-refractivity contribution in [1.29, 1.82) is 0 Å². The van der Waals surface area contributed by atoms with Gasteiger partial charge in [0.2, 0.25) is 5.91 Å². The number of carbonyl (C=O) groups excluding carboxylic acids is 1. The van der Waals surface area contributed by atoms with E-state index in [1.807, 2.05) is 12.1 Å². The molecule has 1 aliphatic heterocycles. The highest BCUT2D eigenvalue weighted by Gasteiger charge is 2.33. The number of amides is 1. The molecule has 6 nitrogen and oxygen atoms in total. The molecule has 1 aliphatic rings. The molecule has 28 heavy (non-hydrogen) atoms. The summed E-state index contributed by atoms with van der Waals surface area (Å²) in [5.74, 6) is -0.322. The van der Waals surface area contributed by atoms with Crippen molar-refractivity contribution in [2.24, 2.45) is 5.92 Å². The Hall–Kier alpha value is -1.96. The van der Waals surface area contributed by atoms with Crippen LogP contribution >= 0.6 is 0 Å². The minimum Gasteiger partial charge on any atom is -0.356 e. The molecule has 1 N–H and O–H groups in total. The first kappa shape index (κ1) is 20.8. The summed E-state index contributed by atoms with van der Waals surface area (Å²) < 4.78 is 27.2. The molecule has 0 radical (unpaired) electrons. The van der Waals surface area contributed by atoms with Gasteiger partial charge in [-0.05, 0) is 42.0 Å². The fourth-order valence-corrected chi connectivity index (χ4v) is 4.93. The zero-order chi connectivity index (χ0) is 20.1. The molecule has 7 heteroatoms. The summed E-state index contributed by atoms with van der Waals surface area (Å²) in [7, 11) is -0.421. The Labute approximate surface area is 167 Å². The second kappa shape index (κ2) is 9.03. The Morgan fingerprint density at radius 2 is 1.93 bits per heavy atom. The third-order valence-electron chi connectivity index (χ3n) is 5.34. The van der Waals surface area contributed by atoms with Crippen LogP contribution in [0.4, 0.5) is 0 Å². The van der Waals surface area contributed by atoms with Gasteiger partial charge in [0.1, 0.15) is 0 Å². The van der Waals surface area contributed by atoms with E-state index < -0.39 is 10.2 Å². The number of carbonyl (C=O) groups is 1. The number of rotatable bonds is 7. The van der Waals surface area contributed by atoms with Gasteiger partial charge in [-0.3, -0.25) is 4.79 Å². The molecule has 3 rings (SSSR count). The minimum atomic E-state index is -3.46. The molecule has 1 unspecified atom stereocenters. The van der Waals surface area contributed by atoms with Crippen LogP contribution < -0.4 is 5.32 Å². The highest BCUT2D eigenvalue weighted by Crippen LogP contribution is 2.21. The third kappa shape index (κ3) is 4.71. The van der Waals surface area contributed by atoms with Crippen LogP contribution in [-0.2, 0) is 21.4 Å². The summed E-state index contributed by atoms with van der Waals surface area (Å²) in [6, 6.07) is 14.6. The molecule has 0 aromatic heterocycles. The molecule has 0 spiro atoms. The van der Waals surface area contributed by atoms with Gasteiger partial charge in [0.15, 0.2) is 0 Å².